The van der Waals surface area contributed by atoms with Crippen LogP contribution in [0.5, 0.6) is 0 Å². The van der Waals surface area contributed by atoms with Crippen LogP contribution in [0, 0.1) is 0 Å². The van der Waals surface area contributed by atoms with Crippen molar-refractivity contribution in [3.8, 4) is 0 Å². The number of carbonyl (C=O) groups excluding carboxylic acids is 2. The molecule has 0 N–H and O–H groups in total. The van der Waals surface area contributed by atoms with Crippen LogP contribution >= 0.6 is 0 Å². The standard InChI is InChI=1S/C5H10O2.C5H8O2/c2*1-3-5(6)7-4-2/h3-4H2,1-2H3;3H,1,4H2,2H3. The van der Waals surface area contributed by atoms with Crippen LogP contribution in [-0.2, 0) is 19.1 Å². The summed E-state index contributed by atoms with van der Waals surface area (Å²) >= 11 is 0. The molecule has 82 valence electrons. The van der Waals surface area contributed by atoms with E-state index in [1.54, 1.807) is 20.8 Å². The van der Waals surface area contributed by atoms with Gasteiger partial charge in [0.25, 0.3) is 0 Å². The van der Waals surface area contributed by atoms with Gasteiger partial charge in [-0.2, -0.15) is 0 Å². The summed E-state index contributed by atoms with van der Waals surface area (Å²) in [6.07, 6.45) is 1.62. The molecule has 0 spiro atoms. The van der Waals surface area contributed by atoms with E-state index in [4.69, 9.17) is 0 Å². The Balaban J connectivity index is 0. The molecule has 0 saturated carbocycles. The van der Waals surface area contributed by atoms with Crippen LogP contribution in [0.1, 0.15) is 27.2 Å². The molecular formula is C10H18O4. The molecular weight excluding hydrogens is 184 g/mol. The first kappa shape index (κ1) is 15.2. The Kier molecular flexibility index (Phi) is 12.7. The van der Waals surface area contributed by atoms with Gasteiger partial charge in [-0.3, -0.25) is 4.79 Å². The van der Waals surface area contributed by atoms with Gasteiger partial charge in [0.15, 0.2) is 0 Å². The molecule has 0 unspecified atom stereocenters. The fourth-order valence-corrected chi connectivity index (χ4v) is 0.464. The van der Waals surface area contributed by atoms with Crippen molar-refractivity contribution < 1.29 is 19.1 Å². The normalized spacial score (nSPS) is 7.93. The van der Waals surface area contributed by atoms with Gasteiger partial charge in [-0.25, -0.2) is 4.79 Å². The molecule has 0 bridgehead atoms. The SMILES string of the molecule is C=CC(=O)OCC.CCOC(=O)CC. The Bertz CT molecular complexity index is 175. The lowest BCUT2D eigenvalue weighted by Crippen LogP contribution is -2.00. The van der Waals surface area contributed by atoms with Crippen molar-refractivity contribution in [3.63, 3.8) is 0 Å². The Morgan fingerprint density at radius 1 is 1.14 bits per heavy atom. The van der Waals surface area contributed by atoms with Crippen molar-refractivity contribution in [1.82, 2.24) is 0 Å². The van der Waals surface area contributed by atoms with Gasteiger partial charge < -0.3 is 9.47 Å². The van der Waals surface area contributed by atoms with E-state index < -0.39 is 0 Å². The molecule has 0 rings (SSSR count). The molecule has 0 aliphatic carbocycles. The number of ether oxygens (including phenoxy) is 2. The molecule has 0 aliphatic heterocycles. The Morgan fingerprint density at radius 2 is 1.64 bits per heavy atom. The van der Waals surface area contributed by atoms with E-state index in [0.717, 1.165) is 6.08 Å². The molecule has 14 heavy (non-hydrogen) atoms. The minimum atomic E-state index is -0.359. The average Bonchev–Trinajstić information content (AvgIpc) is 2.19. The first-order chi connectivity index (χ1) is 6.62. The molecule has 0 radical (unpaired) electrons. The minimum Gasteiger partial charge on any atom is -0.466 e. The van der Waals surface area contributed by atoms with E-state index in [0.29, 0.717) is 19.6 Å². The van der Waals surface area contributed by atoms with Crippen molar-refractivity contribution in [2.45, 2.75) is 27.2 Å². The summed E-state index contributed by atoms with van der Waals surface area (Å²) in [7, 11) is 0. The first-order valence-electron chi connectivity index (χ1n) is 4.57. The molecule has 0 atom stereocenters. The second kappa shape index (κ2) is 11.7. The van der Waals surface area contributed by atoms with Gasteiger partial charge in [-0.05, 0) is 13.8 Å². The predicted molar refractivity (Wildman–Crippen MR) is 53.8 cm³/mol. The Hall–Kier alpha value is -1.32. The number of hydrogen-bond donors (Lipinski definition) is 0. The van der Waals surface area contributed by atoms with Crippen LogP contribution in [-0.4, -0.2) is 25.2 Å². The van der Waals surface area contributed by atoms with Crippen molar-refractivity contribution in [2.75, 3.05) is 13.2 Å². The molecule has 0 aliphatic rings. The topological polar surface area (TPSA) is 52.6 Å². The van der Waals surface area contributed by atoms with Crippen LogP contribution in [0.3, 0.4) is 0 Å². The van der Waals surface area contributed by atoms with Crippen LogP contribution in [0.15, 0.2) is 12.7 Å². The molecule has 0 amide bonds. The van der Waals surface area contributed by atoms with Crippen LogP contribution < -0.4 is 0 Å². The summed E-state index contributed by atoms with van der Waals surface area (Å²) in [6.45, 7) is 9.45. The van der Waals surface area contributed by atoms with E-state index in [1.807, 2.05) is 0 Å². The monoisotopic (exact) mass is 202 g/mol. The molecule has 0 aromatic heterocycles. The zero-order valence-corrected chi connectivity index (χ0v) is 9.04. The van der Waals surface area contributed by atoms with Crippen molar-refractivity contribution in [1.29, 1.82) is 0 Å². The van der Waals surface area contributed by atoms with E-state index in [2.05, 4.69) is 16.1 Å². The van der Waals surface area contributed by atoms with Gasteiger partial charge in [0.1, 0.15) is 0 Å². The molecule has 0 saturated heterocycles. The average molecular weight is 202 g/mol. The summed E-state index contributed by atoms with van der Waals surface area (Å²) in [5.74, 6) is -0.481. The van der Waals surface area contributed by atoms with E-state index >= 15 is 0 Å². The highest BCUT2D eigenvalue weighted by atomic mass is 16.5. The van der Waals surface area contributed by atoms with E-state index in [1.165, 1.54) is 0 Å². The molecule has 0 heterocycles. The lowest BCUT2D eigenvalue weighted by atomic mass is 10.5. The molecule has 4 nitrogen and oxygen atoms in total. The maximum Gasteiger partial charge on any atom is 0.330 e. The number of esters is 2. The molecule has 0 fully saturated rings. The highest BCUT2D eigenvalue weighted by Crippen LogP contribution is 1.80. The van der Waals surface area contributed by atoms with E-state index in [-0.39, 0.29) is 11.9 Å². The highest BCUT2D eigenvalue weighted by Gasteiger charge is 1.91. The summed E-state index contributed by atoms with van der Waals surface area (Å²) in [5, 5.41) is 0. The lowest BCUT2D eigenvalue weighted by molar-refractivity contribution is -0.142. The number of hydrogen-bond acceptors (Lipinski definition) is 4. The van der Waals surface area contributed by atoms with Crippen LogP contribution in [0.25, 0.3) is 0 Å². The zero-order valence-electron chi connectivity index (χ0n) is 9.04. The maximum atomic E-state index is 10.2. The smallest absolute Gasteiger partial charge is 0.330 e. The fraction of sp³-hybridized carbons (Fsp3) is 0.600. The van der Waals surface area contributed by atoms with Gasteiger partial charge in [-0.15, -0.1) is 0 Å². The van der Waals surface area contributed by atoms with Gasteiger partial charge in [0.2, 0.25) is 0 Å². The van der Waals surface area contributed by atoms with E-state index in [9.17, 15) is 9.59 Å². The predicted octanol–water partition coefficient (Wildman–Crippen LogP) is 1.69. The second-order valence-electron chi connectivity index (χ2n) is 2.11. The quantitative estimate of drug-likeness (QED) is 0.514. The number of rotatable bonds is 4. The third-order valence-corrected chi connectivity index (χ3v) is 1.05. The lowest BCUT2D eigenvalue weighted by Gasteiger charge is -1.93. The van der Waals surface area contributed by atoms with Gasteiger partial charge in [-0.1, -0.05) is 13.5 Å². The van der Waals surface area contributed by atoms with Gasteiger partial charge >= 0.3 is 11.9 Å². The molecule has 0 aromatic carbocycles. The third-order valence-electron chi connectivity index (χ3n) is 1.05. The summed E-state index contributed by atoms with van der Waals surface area (Å²) in [4.78, 5) is 20.3. The highest BCUT2D eigenvalue weighted by molar-refractivity contribution is 5.81. The zero-order chi connectivity index (χ0) is 11.4. The Labute approximate surface area is 84.9 Å². The number of carbonyl (C=O) groups is 2. The summed E-state index contributed by atoms with van der Waals surface area (Å²) in [5.41, 5.74) is 0. The summed E-state index contributed by atoms with van der Waals surface area (Å²) < 4.78 is 8.99. The van der Waals surface area contributed by atoms with Crippen molar-refractivity contribution >= 4 is 11.9 Å². The maximum absolute atomic E-state index is 10.2. The van der Waals surface area contributed by atoms with Gasteiger partial charge in [0.05, 0.1) is 13.2 Å². The first-order valence-corrected chi connectivity index (χ1v) is 4.57. The van der Waals surface area contributed by atoms with Crippen molar-refractivity contribution in [2.24, 2.45) is 0 Å². The van der Waals surface area contributed by atoms with Gasteiger partial charge in [0, 0.05) is 12.5 Å². The molecule has 4 heteroatoms. The second-order valence-corrected chi connectivity index (χ2v) is 2.11. The third kappa shape index (κ3) is 13.3. The van der Waals surface area contributed by atoms with Crippen LogP contribution in [0.2, 0.25) is 0 Å². The summed E-state index contributed by atoms with van der Waals surface area (Å²) in [6, 6.07) is 0. The Morgan fingerprint density at radius 3 is 1.79 bits per heavy atom. The minimum absolute atomic E-state index is 0.123. The van der Waals surface area contributed by atoms with Crippen LogP contribution in [0.4, 0.5) is 0 Å². The molecule has 0 aromatic rings. The largest absolute Gasteiger partial charge is 0.466 e. The van der Waals surface area contributed by atoms with Crippen molar-refractivity contribution in [3.05, 3.63) is 12.7 Å². The fourth-order valence-electron chi connectivity index (χ4n) is 0.464.